The number of hydrogen-bond acceptors (Lipinski definition) is 4. The average Bonchev–Trinajstić information content (AvgIpc) is 3.06. The fourth-order valence-corrected chi connectivity index (χ4v) is 2.18. The second-order valence-electron chi connectivity index (χ2n) is 4.69. The third kappa shape index (κ3) is 2.47. The molecule has 0 aliphatic heterocycles. The average molecular weight is 293 g/mol. The van der Waals surface area contributed by atoms with E-state index in [0.29, 0.717) is 16.9 Å². The van der Waals surface area contributed by atoms with Crippen LogP contribution in [0.3, 0.4) is 0 Å². The first-order valence-corrected chi connectivity index (χ1v) is 6.54. The van der Waals surface area contributed by atoms with Crippen molar-refractivity contribution in [3.05, 3.63) is 80.8 Å². The molecule has 6 heteroatoms. The standard InChI is InChI=1S/C16H11N3O3/c17-8-11-3-1-4-12(7-11)10-19-15(20)13(9-18-16(19)21)14-5-2-6-22-14/h1-7,9H,10H2,(H,18,21). The van der Waals surface area contributed by atoms with Crippen molar-refractivity contribution in [1.29, 1.82) is 5.26 Å². The van der Waals surface area contributed by atoms with Gasteiger partial charge in [0.05, 0.1) is 30.0 Å². The first-order valence-electron chi connectivity index (χ1n) is 6.54. The van der Waals surface area contributed by atoms with E-state index < -0.39 is 11.2 Å². The van der Waals surface area contributed by atoms with Gasteiger partial charge < -0.3 is 9.40 Å². The Labute approximate surface area is 124 Å². The SMILES string of the molecule is N#Cc1cccc(Cn2c(=O)[nH]cc(-c3ccco3)c2=O)c1. The molecule has 2 aromatic heterocycles. The van der Waals surface area contributed by atoms with E-state index >= 15 is 0 Å². The smallest absolute Gasteiger partial charge is 0.328 e. The first kappa shape index (κ1) is 13.6. The van der Waals surface area contributed by atoms with Crippen LogP contribution in [0.2, 0.25) is 0 Å². The Morgan fingerprint density at radius 3 is 2.82 bits per heavy atom. The number of nitriles is 1. The van der Waals surface area contributed by atoms with Gasteiger partial charge in [-0.05, 0) is 29.8 Å². The first-order chi connectivity index (χ1) is 10.7. The van der Waals surface area contributed by atoms with Gasteiger partial charge in [0.2, 0.25) is 0 Å². The van der Waals surface area contributed by atoms with Crippen molar-refractivity contribution < 1.29 is 4.42 Å². The van der Waals surface area contributed by atoms with Crippen LogP contribution < -0.4 is 11.2 Å². The van der Waals surface area contributed by atoms with E-state index in [-0.39, 0.29) is 12.1 Å². The molecule has 0 saturated heterocycles. The molecular weight excluding hydrogens is 282 g/mol. The molecule has 0 aliphatic rings. The molecule has 0 radical (unpaired) electrons. The van der Waals surface area contributed by atoms with Gasteiger partial charge in [-0.15, -0.1) is 0 Å². The summed E-state index contributed by atoms with van der Waals surface area (Å²) in [6.45, 7) is 0.0816. The molecule has 0 fully saturated rings. The van der Waals surface area contributed by atoms with Crippen LogP contribution in [-0.4, -0.2) is 9.55 Å². The van der Waals surface area contributed by atoms with E-state index in [9.17, 15) is 9.59 Å². The number of nitrogens with zero attached hydrogens (tertiary/aromatic N) is 2. The molecule has 0 bridgehead atoms. The minimum Gasteiger partial charge on any atom is -0.464 e. The summed E-state index contributed by atoms with van der Waals surface area (Å²) in [5.41, 5.74) is 0.497. The maximum atomic E-state index is 12.5. The maximum absolute atomic E-state index is 12.5. The number of benzene rings is 1. The summed E-state index contributed by atoms with van der Waals surface area (Å²) in [6, 6.07) is 12.1. The summed E-state index contributed by atoms with van der Waals surface area (Å²) in [5.74, 6) is 0.390. The van der Waals surface area contributed by atoms with Crippen LogP contribution in [0.4, 0.5) is 0 Å². The van der Waals surface area contributed by atoms with Crippen molar-refractivity contribution in [2.24, 2.45) is 0 Å². The molecule has 0 saturated carbocycles. The van der Waals surface area contributed by atoms with Gasteiger partial charge in [0, 0.05) is 6.20 Å². The van der Waals surface area contributed by atoms with Crippen LogP contribution in [0.25, 0.3) is 11.3 Å². The van der Waals surface area contributed by atoms with Crippen molar-refractivity contribution in [1.82, 2.24) is 9.55 Å². The summed E-state index contributed by atoms with van der Waals surface area (Å²) in [6.07, 6.45) is 2.80. The third-order valence-electron chi connectivity index (χ3n) is 3.24. The van der Waals surface area contributed by atoms with E-state index in [0.717, 1.165) is 4.57 Å². The molecule has 22 heavy (non-hydrogen) atoms. The molecule has 1 N–H and O–H groups in total. The highest BCUT2D eigenvalue weighted by Crippen LogP contribution is 2.13. The topological polar surface area (TPSA) is 91.8 Å². The van der Waals surface area contributed by atoms with Crippen LogP contribution in [0, 0.1) is 11.3 Å². The number of furan rings is 1. The van der Waals surface area contributed by atoms with Crippen LogP contribution in [0.5, 0.6) is 0 Å². The lowest BCUT2D eigenvalue weighted by atomic mass is 10.1. The molecule has 108 valence electrons. The van der Waals surface area contributed by atoms with E-state index in [1.807, 2.05) is 6.07 Å². The molecule has 6 nitrogen and oxygen atoms in total. The highest BCUT2D eigenvalue weighted by Gasteiger charge is 2.11. The second-order valence-corrected chi connectivity index (χ2v) is 4.69. The van der Waals surface area contributed by atoms with Gasteiger partial charge in [0.25, 0.3) is 5.56 Å². The molecule has 0 unspecified atom stereocenters. The highest BCUT2D eigenvalue weighted by atomic mass is 16.3. The van der Waals surface area contributed by atoms with E-state index in [4.69, 9.17) is 9.68 Å². The van der Waals surface area contributed by atoms with Gasteiger partial charge in [-0.25, -0.2) is 4.79 Å². The zero-order valence-corrected chi connectivity index (χ0v) is 11.4. The van der Waals surface area contributed by atoms with Gasteiger partial charge in [0.15, 0.2) is 0 Å². The third-order valence-corrected chi connectivity index (χ3v) is 3.24. The van der Waals surface area contributed by atoms with Crippen LogP contribution in [0.15, 0.2) is 62.9 Å². The van der Waals surface area contributed by atoms with E-state index in [1.165, 1.54) is 12.5 Å². The minimum atomic E-state index is -0.511. The Balaban J connectivity index is 2.07. The monoisotopic (exact) mass is 293 g/mol. The number of nitrogens with one attached hydrogen (secondary N) is 1. The number of hydrogen-bond donors (Lipinski definition) is 1. The molecule has 3 aromatic rings. The predicted octanol–water partition coefficient (Wildman–Crippen LogP) is 1.72. The molecule has 0 aliphatic carbocycles. The summed E-state index contributed by atoms with van der Waals surface area (Å²) in [7, 11) is 0. The van der Waals surface area contributed by atoms with Gasteiger partial charge in [-0.1, -0.05) is 12.1 Å². The van der Waals surface area contributed by atoms with Crippen molar-refractivity contribution in [2.75, 3.05) is 0 Å². The molecule has 0 spiro atoms. The quantitative estimate of drug-likeness (QED) is 0.795. The number of aromatic nitrogens is 2. The van der Waals surface area contributed by atoms with Crippen molar-refractivity contribution in [2.45, 2.75) is 6.54 Å². The largest absolute Gasteiger partial charge is 0.464 e. The zero-order valence-electron chi connectivity index (χ0n) is 11.4. The maximum Gasteiger partial charge on any atom is 0.328 e. The minimum absolute atomic E-state index is 0.0816. The second kappa shape index (κ2) is 5.58. The number of aromatic amines is 1. The van der Waals surface area contributed by atoms with Crippen molar-refractivity contribution in [3.63, 3.8) is 0 Å². The molecule has 0 atom stereocenters. The van der Waals surface area contributed by atoms with Crippen LogP contribution in [-0.2, 0) is 6.54 Å². The van der Waals surface area contributed by atoms with Crippen molar-refractivity contribution in [3.8, 4) is 17.4 Å². The Bertz CT molecular complexity index is 959. The number of rotatable bonds is 3. The fourth-order valence-electron chi connectivity index (χ4n) is 2.18. The summed E-state index contributed by atoms with van der Waals surface area (Å²) >= 11 is 0. The van der Waals surface area contributed by atoms with E-state index in [2.05, 4.69) is 4.98 Å². The zero-order chi connectivity index (χ0) is 15.5. The summed E-state index contributed by atoms with van der Waals surface area (Å²) < 4.78 is 6.28. The van der Waals surface area contributed by atoms with Crippen molar-refractivity contribution >= 4 is 0 Å². The Morgan fingerprint density at radius 2 is 2.09 bits per heavy atom. The highest BCUT2D eigenvalue weighted by molar-refractivity contribution is 5.54. The van der Waals surface area contributed by atoms with Gasteiger partial charge in [-0.2, -0.15) is 5.26 Å². The lowest BCUT2D eigenvalue weighted by Crippen LogP contribution is -2.35. The lowest BCUT2D eigenvalue weighted by Gasteiger charge is -2.06. The molecule has 2 heterocycles. The molecule has 1 aromatic carbocycles. The Morgan fingerprint density at radius 1 is 1.23 bits per heavy atom. The molecule has 0 amide bonds. The number of H-pyrrole nitrogens is 1. The lowest BCUT2D eigenvalue weighted by molar-refractivity contribution is 0.578. The predicted molar refractivity (Wildman–Crippen MR) is 79.3 cm³/mol. The van der Waals surface area contributed by atoms with Gasteiger partial charge in [-0.3, -0.25) is 9.36 Å². The van der Waals surface area contributed by atoms with Crippen LogP contribution >= 0.6 is 0 Å². The Hall–Kier alpha value is -3.33. The van der Waals surface area contributed by atoms with Crippen LogP contribution in [0.1, 0.15) is 11.1 Å². The molecule has 3 rings (SSSR count). The molecular formula is C16H11N3O3. The van der Waals surface area contributed by atoms with Gasteiger partial charge >= 0.3 is 5.69 Å². The van der Waals surface area contributed by atoms with Gasteiger partial charge in [0.1, 0.15) is 5.76 Å². The van der Waals surface area contributed by atoms with E-state index in [1.54, 1.807) is 36.4 Å². The summed E-state index contributed by atoms with van der Waals surface area (Å²) in [5, 5.41) is 8.91. The fraction of sp³-hybridized carbons (Fsp3) is 0.0625. The normalized spacial score (nSPS) is 10.3. The summed E-state index contributed by atoms with van der Waals surface area (Å²) in [4.78, 5) is 26.9. The Kier molecular flexibility index (Phi) is 3.46.